The summed E-state index contributed by atoms with van der Waals surface area (Å²) < 4.78 is 10.3. The van der Waals surface area contributed by atoms with E-state index in [-0.39, 0.29) is 24.0 Å². The summed E-state index contributed by atoms with van der Waals surface area (Å²) in [6.45, 7) is 9.87. The molecule has 0 spiro atoms. The molecule has 1 unspecified atom stereocenters. The van der Waals surface area contributed by atoms with Crippen molar-refractivity contribution >= 4 is 5.97 Å². The molecule has 0 aromatic carbocycles. The zero-order chi connectivity index (χ0) is 13.9. The van der Waals surface area contributed by atoms with E-state index in [1.54, 1.807) is 0 Å². The van der Waals surface area contributed by atoms with Gasteiger partial charge < -0.3 is 9.15 Å². The highest BCUT2D eigenvalue weighted by Gasteiger charge is 2.26. The van der Waals surface area contributed by atoms with Gasteiger partial charge in [0.1, 0.15) is 17.6 Å². The molecule has 1 rings (SSSR count). The number of rotatable bonds is 5. The Bertz CT molecular complexity index is 409. The van der Waals surface area contributed by atoms with Gasteiger partial charge in [-0.1, -0.05) is 13.8 Å². The number of nitrogens with one attached hydrogen (secondary N) is 1. The Morgan fingerprint density at radius 1 is 1.33 bits per heavy atom. The van der Waals surface area contributed by atoms with Gasteiger partial charge in [-0.25, -0.2) is 0 Å². The van der Waals surface area contributed by atoms with Gasteiger partial charge in [-0.15, -0.1) is 0 Å². The monoisotopic (exact) mass is 253 g/mol. The lowest BCUT2D eigenvalue weighted by Gasteiger charge is -2.24. The molecule has 1 aromatic heterocycles. The first-order valence-corrected chi connectivity index (χ1v) is 6.27. The minimum absolute atomic E-state index is 0.0500. The first-order valence-electron chi connectivity index (χ1n) is 6.27. The standard InChI is InChI=1S/C14H23NO3/c1-8(2)13(14(16)17-6)15-10(4)12-7-9(3)18-11(12)5/h7-8,10,13,15H,1-6H3/t10?,13-/m0/s1. The first kappa shape index (κ1) is 14.8. The van der Waals surface area contributed by atoms with E-state index >= 15 is 0 Å². The minimum atomic E-state index is -0.306. The summed E-state index contributed by atoms with van der Waals surface area (Å²) in [5, 5.41) is 3.30. The van der Waals surface area contributed by atoms with Gasteiger partial charge in [-0.2, -0.15) is 0 Å². The number of carbonyl (C=O) groups excluding carboxylic acids is 1. The van der Waals surface area contributed by atoms with Crippen LogP contribution in [0.1, 0.15) is 43.9 Å². The van der Waals surface area contributed by atoms with E-state index in [2.05, 4.69) is 5.32 Å². The average molecular weight is 253 g/mol. The zero-order valence-corrected chi connectivity index (χ0v) is 12.0. The van der Waals surface area contributed by atoms with Crippen molar-refractivity contribution in [3.8, 4) is 0 Å². The van der Waals surface area contributed by atoms with E-state index in [0.29, 0.717) is 0 Å². The molecule has 0 radical (unpaired) electrons. The van der Waals surface area contributed by atoms with E-state index in [0.717, 1.165) is 17.1 Å². The molecule has 0 aliphatic carbocycles. The molecule has 0 saturated heterocycles. The quantitative estimate of drug-likeness (QED) is 0.820. The molecule has 0 fully saturated rings. The van der Waals surface area contributed by atoms with Gasteiger partial charge >= 0.3 is 5.97 Å². The Kier molecular flexibility index (Phi) is 4.96. The molecule has 102 valence electrons. The molecule has 0 bridgehead atoms. The van der Waals surface area contributed by atoms with Gasteiger partial charge in [-0.05, 0) is 32.8 Å². The van der Waals surface area contributed by atoms with Crippen molar-refractivity contribution in [3.63, 3.8) is 0 Å². The molecule has 18 heavy (non-hydrogen) atoms. The maximum atomic E-state index is 11.7. The van der Waals surface area contributed by atoms with E-state index in [1.807, 2.05) is 40.7 Å². The normalized spacial score (nSPS) is 14.6. The maximum absolute atomic E-state index is 11.7. The molecule has 1 heterocycles. The number of carbonyl (C=O) groups is 1. The summed E-state index contributed by atoms with van der Waals surface area (Å²) in [7, 11) is 1.41. The second-order valence-electron chi connectivity index (χ2n) is 5.00. The zero-order valence-electron chi connectivity index (χ0n) is 12.0. The maximum Gasteiger partial charge on any atom is 0.323 e. The highest BCUT2D eigenvalue weighted by atomic mass is 16.5. The molecule has 0 saturated carbocycles. The Balaban J connectivity index is 2.81. The lowest BCUT2D eigenvalue weighted by atomic mass is 10.0. The molecule has 1 aromatic rings. The van der Waals surface area contributed by atoms with Crippen LogP contribution in [-0.2, 0) is 9.53 Å². The molecular weight excluding hydrogens is 230 g/mol. The van der Waals surface area contributed by atoms with Crippen molar-refractivity contribution in [2.45, 2.75) is 46.7 Å². The fourth-order valence-electron chi connectivity index (χ4n) is 2.10. The Morgan fingerprint density at radius 3 is 2.33 bits per heavy atom. The number of esters is 1. The summed E-state index contributed by atoms with van der Waals surface area (Å²) in [5.41, 5.74) is 1.09. The third-order valence-electron chi connectivity index (χ3n) is 3.10. The molecular formula is C14H23NO3. The predicted molar refractivity (Wildman–Crippen MR) is 70.4 cm³/mol. The van der Waals surface area contributed by atoms with Crippen LogP contribution in [-0.4, -0.2) is 19.1 Å². The van der Waals surface area contributed by atoms with Gasteiger partial charge in [0.05, 0.1) is 7.11 Å². The van der Waals surface area contributed by atoms with Crippen LogP contribution in [0.5, 0.6) is 0 Å². The average Bonchev–Trinajstić information content (AvgIpc) is 2.63. The molecule has 0 amide bonds. The smallest absolute Gasteiger partial charge is 0.323 e. The van der Waals surface area contributed by atoms with Crippen molar-refractivity contribution in [1.29, 1.82) is 0 Å². The second kappa shape index (κ2) is 6.05. The lowest BCUT2D eigenvalue weighted by Crippen LogP contribution is -2.43. The molecule has 2 atom stereocenters. The number of ether oxygens (including phenoxy) is 1. The highest BCUT2D eigenvalue weighted by Crippen LogP contribution is 2.22. The Hall–Kier alpha value is -1.29. The Labute approximate surface area is 109 Å². The fourth-order valence-corrected chi connectivity index (χ4v) is 2.10. The van der Waals surface area contributed by atoms with Crippen LogP contribution in [0.25, 0.3) is 0 Å². The van der Waals surface area contributed by atoms with Crippen LogP contribution in [0.4, 0.5) is 0 Å². The topological polar surface area (TPSA) is 51.5 Å². The number of methoxy groups -OCH3 is 1. The van der Waals surface area contributed by atoms with Crippen molar-refractivity contribution in [2.24, 2.45) is 5.92 Å². The van der Waals surface area contributed by atoms with Crippen molar-refractivity contribution in [1.82, 2.24) is 5.32 Å². The molecule has 0 aliphatic heterocycles. The second-order valence-corrected chi connectivity index (χ2v) is 5.00. The van der Waals surface area contributed by atoms with Crippen LogP contribution in [0.15, 0.2) is 10.5 Å². The number of hydrogen-bond donors (Lipinski definition) is 1. The van der Waals surface area contributed by atoms with Gasteiger partial charge in [0.15, 0.2) is 0 Å². The fraction of sp³-hybridized carbons (Fsp3) is 0.643. The van der Waals surface area contributed by atoms with E-state index in [4.69, 9.17) is 9.15 Å². The number of aryl methyl sites for hydroxylation is 2. The lowest BCUT2D eigenvalue weighted by molar-refractivity contribution is -0.144. The molecule has 4 heteroatoms. The van der Waals surface area contributed by atoms with Crippen LogP contribution >= 0.6 is 0 Å². The number of hydrogen-bond acceptors (Lipinski definition) is 4. The van der Waals surface area contributed by atoms with E-state index in [9.17, 15) is 4.79 Å². The predicted octanol–water partition coefficient (Wildman–Crippen LogP) is 2.74. The third-order valence-corrected chi connectivity index (χ3v) is 3.10. The summed E-state index contributed by atoms with van der Waals surface area (Å²) in [6, 6.07) is 1.75. The van der Waals surface area contributed by atoms with Crippen LogP contribution in [0.2, 0.25) is 0 Å². The highest BCUT2D eigenvalue weighted by molar-refractivity contribution is 5.76. The van der Waals surface area contributed by atoms with E-state index in [1.165, 1.54) is 7.11 Å². The SMILES string of the molecule is COC(=O)[C@@H](NC(C)c1cc(C)oc1C)C(C)C. The van der Waals surface area contributed by atoms with Crippen LogP contribution in [0, 0.1) is 19.8 Å². The first-order chi connectivity index (χ1) is 8.36. The van der Waals surface area contributed by atoms with Gasteiger partial charge in [-0.3, -0.25) is 10.1 Å². The number of furan rings is 1. The summed E-state index contributed by atoms with van der Waals surface area (Å²) in [4.78, 5) is 11.7. The van der Waals surface area contributed by atoms with Crippen molar-refractivity contribution in [3.05, 3.63) is 23.2 Å². The summed E-state index contributed by atoms with van der Waals surface area (Å²) in [6.07, 6.45) is 0. The van der Waals surface area contributed by atoms with Crippen molar-refractivity contribution in [2.75, 3.05) is 7.11 Å². The van der Waals surface area contributed by atoms with Crippen molar-refractivity contribution < 1.29 is 13.9 Å². The third kappa shape index (κ3) is 3.35. The summed E-state index contributed by atoms with van der Waals surface area (Å²) >= 11 is 0. The van der Waals surface area contributed by atoms with Gasteiger partial charge in [0, 0.05) is 11.6 Å². The minimum Gasteiger partial charge on any atom is -0.468 e. The molecule has 1 N–H and O–H groups in total. The van der Waals surface area contributed by atoms with Crippen LogP contribution < -0.4 is 5.32 Å². The van der Waals surface area contributed by atoms with Crippen LogP contribution in [0.3, 0.4) is 0 Å². The van der Waals surface area contributed by atoms with Gasteiger partial charge in [0.2, 0.25) is 0 Å². The Morgan fingerprint density at radius 2 is 1.94 bits per heavy atom. The molecule has 0 aliphatic rings. The van der Waals surface area contributed by atoms with Gasteiger partial charge in [0.25, 0.3) is 0 Å². The largest absolute Gasteiger partial charge is 0.468 e. The summed E-state index contributed by atoms with van der Waals surface area (Å²) in [5.74, 6) is 1.72. The van der Waals surface area contributed by atoms with E-state index < -0.39 is 0 Å². The molecule has 4 nitrogen and oxygen atoms in total.